The fourth-order valence-corrected chi connectivity index (χ4v) is 0.390. The fourth-order valence-electron chi connectivity index (χ4n) is 0.270. The van der Waals surface area contributed by atoms with E-state index >= 15 is 0 Å². The Hall–Kier alpha value is 0.490. The molecule has 0 aliphatic heterocycles. The van der Waals surface area contributed by atoms with Crippen molar-refractivity contribution in [3.05, 3.63) is 0 Å². The fraction of sp³-hybridized carbons (Fsp3) is 0.571. The number of hydrogen-bond donors (Lipinski definition) is 0. The van der Waals surface area contributed by atoms with Crippen molar-refractivity contribution >= 4 is 26.3 Å². The zero-order chi connectivity index (χ0) is 8.15. The second kappa shape index (κ2) is 7.16. The third-order valence-corrected chi connectivity index (χ3v) is 2.01. The summed E-state index contributed by atoms with van der Waals surface area (Å²) in [6.45, 7) is 0. The van der Waals surface area contributed by atoms with E-state index < -0.39 is 0 Å². The normalized spacial score (nSPS) is 7.00. The van der Waals surface area contributed by atoms with Gasteiger partial charge in [0.2, 0.25) is 0 Å². The maximum Gasteiger partial charge on any atom is 0.288 e. The zero-order valence-electron chi connectivity index (χ0n) is 7.15. The average molecular weight is 378 g/mol. The zero-order valence-corrected chi connectivity index (χ0v) is 11.5. The molecule has 0 N–H and O–H groups in total. The molecule has 64 valence electrons. The van der Waals surface area contributed by atoms with E-state index in [2.05, 4.69) is 34.6 Å². The van der Waals surface area contributed by atoms with Crippen LogP contribution in [0, 0.1) is 12.0 Å². The van der Waals surface area contributed by atoms with E-state index in [0.29, 0.717) is 0 Å². The molecule has 0 atom stereocenters. The molecule has 0 aliphatic rings. The molecule has 2 nitrogen and oxygen atoms in total. The van der Waals surface area contributed by atoms with E-state index in [4.69, 9.17) is 0 Å². The summed E-state index contributed by atoms with van der Waals surface area (Å²) in [5, 5.41) is 0. The van der Waals surface area contributed by atoms with Crippen LogP contribution in [-0.4, -0.2) is 41.4 Å². The van der Waals surface area contributed by atoms with Gasteiger partial charge >= 0.3 is 0 Å². The SMILES string of the molecule is CN(C)C#CC(I)=[N+](C)C.[I-]. The van der Waals surface area contributed by atoms with Gasteiger partial charge < -0.3 is 28.9 Å². The van der Waals surface area contributed by atoms with Crippen molar-refractivity contribution in [3.8, 4) is 12.0 Å². The maximum absolute atomic E-state index is 2.99. The van der Waals surface area contributed by atoms with Crippen LogP contribution in [0.3, 0.4) is 0 Å². The van der Waals surface area contributed by atoms with Gasteiger partial charge in [-0.2, -0.15) is 0 Å². The molecule has 4 heteroatoms. The van der Waals surface area contributed by atoms with E-state index in [0.717, 1.165) is 3.72 Å². The molecule has 0 spiro atoms. The third-order valence-electron chi connectivity index (χ3n) is 0.775. The third kappa shape index (κ3) is 8.40. The molecule has 0 aromatic carbocycles. The molecule has 0 fully saturated rings. The van der Waals surface area contributed by atoms with Gasteiger partial charge in [-0.1, -0.05) is 0 Å². The van der Waals surface area contributed by atoms with Gasteiger partial charge in [-0.25, -0.2) is 4.58 Å². The highest BCUT2D eigenvalue weighted by Crippen LogP contribution is 1.85. The van der Waals surface area contributed by atoms with Crippen LogP contribution in [0.25, 0.3) is 0 Å². The molecular weight excluding hydrogens is 366 g/mol. The summed E-state index contributed by atoms with van der Waals surface area (Å²) < 4.78 is 3.03. The molecule has 11 heavy (non-hydrogen) atoms. The largest absolute Gasteiger partial charge is 1.00 e. The number of hydrogen-bond acceptors (Lipinski definition) is 1. The summed E-state index contributed by atoms with van der Waals surface area (Å²) in [7, 11) is 7.80. The van der Waals surface area contributed by atoms with Gasteiger partial charge in [-0.15, -0.1) is 0 Å². The lowest BCUT2D eigenvalue weighted by atomic mass is 10.7. The summed E-state index contributed by atoms with van der Waals surface area (Å²) >= 11 is 2.21. The molecule has 0 amide bonds. The molecule has 0 unspecified atom stereocenters. The topological polar surface area (TPSA) is 6.25 Å². The number of rotatable bonds is 0. The minimum Gasteiger partial charge on any atom is -1.00 e. The standard InChI is InChI=1S/C7H12IN2.HI/c1-9(2)6-5-7(8)10(3)4;/h1-4H3;1H/q+1;/p-1. The van der Waals surface area contributed by atoms with Gasteiger partial charge in [-0.3, -0.25) is 0 Å². The van der Waals surface area contributed by atoms with Gasteiger partial charge in [0.1, 0.15) is 14.1 Å². The van der Waals surface area contributed by atoms with Gasteiger partial charge in [0.05, 0.1) is 0 Å². The first-order valence-corrected chi connectivity index (χ1v) is 4.00. The summed E-state index contributed by atoms with van der Waals surface area (Å²) in [6, 6.07) is 2.92. The first-order chi connectivity index (χ1) is 4.54. The lowest BCUT2D eigenvalue weighted by Gasteiger charge is -1.95. The Labute approximate surface area is 99.2 Å². The Balaban J connectivity index is 0. The number of halogens is 2. The predicted molar refractivity (Wildman–Crippen MR) is 52.6 cm³/mol. The van der Waals surface area contributed by atoms with Crippen molar-refractivity contribution in [2.75, 3.05) is 28.2 Å². The minimum absolute atomic E-state index is 0. The van der Waals surface area contributed by atoms with Crippen LogP contribution < -0.4 is 24.0 Å². The van der Waals surface area contributed by atoms with Crippen molar-refractivity contribution in [1.29, 1.82) is 0 Å². The van der Waals surface area contributed by atoms with Crippen LogP contribution >= 0.6 is 22.6 Å². The molecule has 0 rings (SSSR count). The summed E-state index contributed by atoms with van der Waals surface area (Å²) in [4.78, 5) is 1.84. The Morgan fingerprint density at radius 2 is 1.82 bits per heavy atom. The van der Waals surface area contributed by atoms with Crippen molar-refractivity contribution in [1.82, 2.24) is 4.90 Å². The molecule has 0 saturated heterocycles. The van der Waals surface area contributed by atoms with Gasteiger partial charge in [0.25, 0.3) is 3.72 Å². The van der Waals surface area contributed by atoms with Crippen molar-refractivity contribution in [2.45, 2.75) is 0 Å². The highest BCUT2D eigenvalue weighted by Gasteiger charge is 1.93. The van der Waals surface area contributed by atoms with Crippen LogP contribution in [0.4, 0.5) is 0 Å². The monoisotopic (exact) mass is 378 g/mol. The molecule has 0 radical (unpaired) electrons. The summed E-state index contributed by atoms with van der Waals surface area (Å²) in [6.07, 6.45) is 0. The number of nitrogens with zero attached hydrogens (tertiary/aromatic N) is 2. The Kier molecular flexibility index (Phi) is 9.13. The highest BCUT2D eigenvalue weighted by molar-refractivity contribution is 14.1. The van der Waals surface area contributed by atoms with Gasteiger partial charge in [0, 0.05) is 48.7 Å². The van der Waals surface area contributed by atoms with E-state index in [1.807, 2.05) is 37.7 Å². The van der Waals surface area contributed by atoms with Gasteiger partial charge in [0.15, 0.2) is 0 Å². The van der Waals surface area contributed by atoms with Crippen LogP contribution in [0.1, 0.15) is 0 Å². The quantitative estimate of drug-likeness (QED) is 0.150. The van der Waals surface area contributed by atoms with E-state index in [1.165, 1.54) is 0 Å². The highest BCUT2D eigenvalue weighted by atomic mass is 127. The van der Waals surface area contributed by atoms with Crippen molar-refractivity contribution < 1.29 is 28.6 Å². The Morgan fingerprint density at radius 1 is 1.36 bits per heavy atom. The molecule has 0 aromatic rings. The van der Waals surface area contributed by atoms with Crippen molar-refractivity contribution in [2.24, 2.45) is 0 Å². The Bertz CT molecular complexity index is 194. The smallest absolute Gasteiger partial charge is 0.288 e. The molecular formula is C7H12I2N2. The first-order valence-electron chi connectivity index (χ1n) is 2.93. The van der Waals surface area contributed by atoms with E-state index in [1.54, 1.807) is 0 Å². The van der Waals surface area contributed by atoms with Crippen LogP contribution in [0.2, 0.25) is 0 Å². The molecule has 0 bridgehead atoms. The predicted octanol–water partition coefficient (Wildman–Crippen LogP) is -2.38. The van der Waals surface area contributed by atoms with Gasteiger partial charge in [-0.05, 0) is 0 Å². The first kappa shape index (κ1) is 14.0. The molecule has 0 heterocycles. The maximum atomic E-state index is 2.99. The second-order valence-electron chi connectivity index (χ2n) is 2.32. The van der Waals surface area contributed by atoms with Crippen LogP contribution in [0.15, 0.2) is 0 Å². The van der Waals surface area contributed by atoms with Crippen LogP contribution in [-0.2, 0) is 0 Å². The lowest BCUT2D eigenvalue weighted by molar-refractivity contribution is -0.459. The van der Waals surface area contributed by atoms with E-state index in [9.17, 15) is 0 Å². The molecule has 0 aromatic heterocycles. The second-order valence-corrected chi connectivity index (χ2v) is 3.34. The van der Waals surface area contributed by atoms with E-state index in [-0.39, 0.29) is 24.0 Å². The average Bonchev–Trinajstić information content (AvgIpc) is 1.82. The summed E-state index contributed by atoms with van der Waals surface area (Å²) in [5.74, 6) is 2.99. The lowest BCUT2D eigenvalue weighted by Crippen LogP contribution is -3.00. The Morgan fingerprint density at radius 3 is 2.09 bits per heavy atom. The summed E-state index contributed by atoms with van der Waals surface area (Å²) in [5.41, 5.74) is 0. The van der Waals surface area contributed by atoms with Crippen molar-refractivity contribution in [3.63, 3.8) is 0 Å². The minimum atomic E-state index is 0. The molecule has 0 aliphatic carbocycles. The van der Waals surface area contributed by atoms with Crippen LogP contribution in [0.5, 0.6) is 0 Å². The molecule has 0 saturated carbocycles.